The first-order chi connectivity index (χ1) is 13.5. The Kier molecular flexibility index (Phi) is 6.74. The third-order valence-electron chi connectivity index (χ3n) is 4.31. The van der Waals surface area contributed by atoms with Gasteiger partial charge in [0.2, 0.25) is 0 Å². The normalized spacial score (nSPS) is 14.0. The van der Waals surface area contributed by atoms with Crippen molar-refractivity contribution < 1.29 is 14.3 Å². The summed E-state index contributed by atoms with van der Waals surface area (Å²) in [6.07, 6.45) is 1.46. The monoisotopic (exact) mass is 466 g/mol. The second-order valence-corrected chi connectivity index (χ2v) is 7.40. The van der Waals surface area contributed by atoms with E-state index in [9.17, 15) is 9.59 Å². The molecule has 1 fully saturated rings. The highest BCUT2D eigenvalue weighted by Crippen LogP contribution is 2.26. The number of amides is 2. The number of para-hydroxylation sites is 1. The number of anilines is 2. The third kappa shape index (κ3) is 4.74. The Morgan fingerprint density at radius 1 is 1.25 bits per heavy atom. The summed E-state index contributed by atoms with van der Waals surface area (Å²) in [5.74, 6) is 0.151. The van der Waals surface area contributed by atoms with Gasteiger partial charge in [0.1, 0.15) is 5.82 Å². The topological polar surface area (TPSA) is 74.8 Å². The molecular weight excluding hydrogens is 448 g/mol. The van der Waals surface area contributed by atoms with Gasteiger partial charge in [-0.05, 0) is 41.1 Å². The molecule has 0 saturated carbocycles. The van der Waals surface area contributed by atoms with E-state index in [1.165, 1.54) is 6.20 Å². The van der Waals surface area contributed by atoms with E-state index in [0.29, 0.717) is 49.2 Å². The van der Waals surface area contributed by atoms with Crippen LogP contribution in [0.5, 0.6) is 0 Å². The van der Waals surface area contributed by atoms with E-state index in [4.69, 9.17) is 16.3 Å². The Morgan fingerprint density at radius 3 is 2.61 bits per heavy atom. The summed E-state index contributed by atoms with van der Waals surface area (Å²) in [6.45, 7) is 4.29. The number of hydrogen-bond acceptors (Lipinski definition) is 5. The molecule has 0 bridgehead atoms. The van der Waals surface area contributed by atoms with Gasteiger partial charge in [-0.15, -0.1) is 0 Å². The molecule has 7 nitrogen and oxygen atoms in total. The van der Waals surface area contributed by atoms with Gasteiger partial charge in [-0.3, -0.25) is 0 Å². The number of rotatable bonds is 4. The Labute approximate surface area is 176 Å². The number of ether oxygens (including phenoxy) is 1. The summed E-state index contributed by atoms with van der Waals surface area (Å²) < 4.78 is 5.79. The number of nitrogens with zero attached hydrogens (tertiary/aromatic N) is 3. The lowest BCUT2D eigenvalue weighted by molar-refractivity contribution is 0.0526. The zero-order valence-electron chi connectivity index (χ0n) is 15.3. The quantitative estimate of drug-likeness (QED) is 0.687. The lowest BCUT2D eigenvalue weighted by atomic mass is 10.2. The summed E-state index contributed by atoms with van der Waals surface area (Å²) in [6, 6.07) is 8.89. The molecule has 1 aromatic carbocycles. The number of nitrogens with one attached hydrogen (secondary N) is 1. The van der Waals surface area contributed by atoms with Crippen molar-refractivity contribution >= 4 is 51.0 Å². The molecule has 0 radical (unpaired) electrons. The first-order valence-corrected chi connectivity index (χ1v) is 10.0. The van der Waals surface area contributed by atoms with Gasteiger partial charge in [-0.2, -0.15) is 0 Å². The number of carbonyl (C=O) groups excluding carboxylic acids is 2. The van der Waals surface area contributed by atoms with Crippen molar-refractivity contribution in [2.45, 2.75) is 6.92 Å². The molecule has 1 aliphatic rings. The van der Waals surface area contributed by atoms with E-state index >= 15 is 0 Å². The minimum absolute atomic E-state index is 0.150. The van der Waals surface area contributed by atoms with E-state index in [-0.39, 0.29) is 6.03 Å². The average molecular weight is 468 g/mol. The van der Waals surface area contributed by atoms with Crippen molar-refractivity contribution in [1.29, 1.82) is 0 Å². The van der Waals surface area contributed by atoms with Crippen molar-refractivity contribution in [3.8, 4) is 0 Å². The Balaban J connectivity index is 1.60. The van der Waals surface area contributed by atoms with Gasteiger partial charge in [0.25, 0.3) is 0 Å². The van der Waals surface area contributed by atoms with Gasteiger partial charge >= 0.3 is 12.0 Å². The molecule has 2 amide bonds. The second kappa shape index (κ2) is 9.25. The minimum Gasteiger partial charge on any atom is -0.462 e. The van der Waals surface area contributed by atoms with Crippen molar-refractivity contribution in [2.75, 3.05) is 43.0 Å². The van der Waals surface area contributed by atoms with Crippen LogP contribution in [0.3, 0.4) is 0 Å². The van der Waals surface area contributed by atoms with Crippen molar-refractivity contribution in [3.05, 3.63) is 51.6 Å². The molecule has 2 heterocycles. The van der Waals surface area contributed by atoms with Crippen molar-refractivity contribution in [3.63, 3.8) is 0 Å². The number of pyridine rings is 1. The summed E-state index contributed by atoms with van der Waals surface area (Å²) >= 11 is 9.75. The van der Waals surface area contributed by atoms with E-state index in [1.807, 2.05) is 29.2 Å². The molecule has 1 saturated heterocycles. The molecule has 148 valence electrons. The molecule has 0 aliphatic carbocycles. The van der Waals surface area contributed by atoms with Crippen LogP contribution in [-0.2, 0) is 4.74 Å². The number of benzene rings is 1. The molecule has 9 heteroatoms. The van der Waals surface area contributed by atoms with Crippen LogP contribution in [0.2, 0.25) is 5.02 Å². The number of halogens is 2. The predicted octanol–water partition coefficient (Wildman–Crippen LogP) is 4.03. The maximum Gasteiger partial charge on any atom is 0.339 e. The lowest BCUT2D eigenvalue weighted by Gasteiger charge is -2.35. The van der Waals surface area contributed by atoms with Gasteiger partial charge in [0.05, 0.1) is 22.9 Å². The van der Waals surface area contributed by atoms with E-state index in [1.54, 1.807) is 17.9 Å². The number of hydrogen-bond donors (Lipinski definition) is 1. The van der Waals surface area contributed by atoms with E-state index < -0.39 is 5.97 Å². The predicted molar refractivity (Wildman–Crippen MR) is 112 cm³/mol. The molecule has 2 aromatic rings. The highest BCUT2D eigenvalue weighted by molar-refractivity contribution is 9.10. The maximum absolute atomic E-state index is 12.5. The molecule has 3 rings (SSSR count). The van der Waals surface area contributed by atoms with E-state index in [2.05, 4.69) is 26.2 Å². The van der Waals surface area contributed by atoms with Crippen LogP contribution >= 0.6 is 27.5 Å². The lowest BCUT2D eigenvalue weighted by Crippen LogP contribution is -2.50. The first-order valence-electron chi connectivity index (χ1n) is 8.87. The number of piperazine rings is 1. The first kappa shape index (κ1) is 20.4. The molecule has 1 N–H and O–H groups in total. The van der Waals surface area contributed by atoms with Crippen LogP contribution < -0.4 is 10.2 Å². The Bertz CT molecular complexity index is 872. The summed E-state index contributed by atoms with van der Waals surface area (Å²) in [5, 5.41) is 3.29. The minimum atomic E-state index is -0.447. The van der Waals surface area contributed by atoms with Crippen molar-refractivity contribution in [2.24, 2.45) is 0 Å². The molecule has 1 aromatic heterocycles. The Hall–Kier alpha value is -2.32. The zero-order chi connectivity index (χ0) is 20.1. The van der Waals surface area contributed by atoms with Gasteiger partial charge < -0.3 is 19.9 Å². The Morgan fingerprint density at radius 2 is 1.96 bits per heavy atom. The molecule has 0 atom stereocenters. The average Bonchev–Trinajstić information content (AvgIpc) is 2.70. The summed E-state index contributed by atoms with van der Waals surface area (Å²) in [7, 11) is 0. The smallest absolute Gasteiger partial charge is 0.339 e. The summed E-state index contributed by atoms with van der Waals surface area (Å²) in [4.78, 5) is 32.3. The molecular formula is C19H20BrClN4O3. The maximum atomic E-state index is 12.5. The highest BCUT2D eigenvalue weighted by atomic mass is 79.9. The van der Waals surface area contributed by atoms with Crippen LogP contribution in [0.15, 0.2) is 41.0 Å². The summed E-state index contributed by atoms with van der Waals surface area (Å²) in [5.41, 5.74) is 1.05. The highest BCUT2D eigenvalue weighted by Gasteiger charge is 2.24. The molecule has 1 aliphatic heterocycles. The van der Waals surface area contributed by atoms with Gasteiger partial charge in [-0.1, -0.05) is 23.7 Å². The van der Waals surface area contributed by atoms with Crippen LogP contribution in [-0.4, -0.2) is 54.7 Å². The zero-order valence-corrected chi connectivity index (χ0v) is 17.7. The van der Waals surface area contributed by atoms with Crippen LogP contribution in [0.4, 0.5) is 16.3 Å². The van der Waals surface area contributed by atoms with Gasteiger partial charge in [-0.25, -0.2) is 14.6 Å². The van der Waals surface area contributed by atoms with E-state index in [0.717, 1.165) is 10.2 Å². The fourth-order valence-corrected chi connectivity index (χ4v) is 3.54. The van der Waals surface area contributed by atoms with Crippen LogP contribution in [0, 0.1) is 0 Å². The largest absolute Gasteiger partial charge is 0.462 e. The van der Waals surface area contributed by atoms with Gasteiger partial charge in [0, 0.05) is 36.8 Å². The van der Waals surface area contributed by atoms with Crippen molar-refractivity contribution in [1.82, 2.24) is 9.88 Å². The second-order valence-electron chi connectivity index (χ2n) is 6.13. The fraction of sp³-hybridized carbons (Fsp3) is 0.316. The molecule has 28 heavy (non-hydrogen) atoms. The fourth-order valence-electron chi connectivity index (χ4n) is 2.87. The number of carbonyl (C=O) groups is 2. The van der Waals surface area contributed by atoms with Crippen LogP contribution in [0.1, 0.15) is 17.3 Å². The van der Waals surface area contributed by atoms with Crippen LogP contribution in [0.25, 0.3) is 0 Å². The standard InChI is InChI=1S/C19H20BrClN4O3/c1-2-28-18(26)13-11-15(21)17(22-12-13)24-7-9-25(10-8-24)19(27)23-16-6-4-3-5-14(16)20/h3-6,11-12H,2,7-10H2,1H3,(H,23,27). The number of esters is 1. The number of urea groups is 1. The van der Waals surface area contributed by atoms with Gasteiger partial charge in [0.15, 0.2) is 0 Å². The molecule has 0 unspecified atom stereocenters. The SMILES string of the molecule is CCOC(=O)c1cnc(N2CCN(C(=O)Nc3ccccc3Br)CC2)c(Cl)c1. The molecule has 0 spiro atoms. The third-order valence-corrected chi connectivity index (χ3v) is 5.28. The number of aromatic nitrogens is 1.